The lowest BCUT2D eigenvalue weighted by Gasteiger charge is -2.52. The van der Waals surface area contributed by atoms with Gasteiger partial charge in [0.15, 0.2) is 0 Å². The van der Waals surface area contributed by atoms with Gasteiger partial charge in [0.2, 0.25) is 0 Å². The average molecular weight is 512 g/mol. The van der Waals surface area contributed by atoms with Crippen LogP contribution >= 0.6 is 7.87 Å². The van der Waals surface area contributed by atoms with Gasteiger partial charge in [-0.2, -0.15) is 0 Å². The predicted octanol–water partition coefficient (Wildman–Crippen LogP) is 1.93. The predicted molar refractivity (Wildman–Crippen MR) is 138 cm³/mol. The summed E-state index contributed by atoms with van der Waals surface area (Å²) in [6, 6.07) is 0. The highest BCUT2D eigenvalue weighted by atomic mass is 31.2. The molecule has 204 valence electrons. The fraction of sp³-hybridized carbons (Fsp3) is 1.00. The van der Waals surface area contributed by atoms with Gasteiger partial charge >= 0.3 is 7.87 Å². The third kappa shape index (κ3) is 9.82. The number of ether oxygens (including phenoxy) is 6. The van der Waals surface area contributed by atoms with E-state index in [2.05, 4.69) is 18.7 Å². The second-order valence-electron chi connectivity index (χ2n) is 8.37. The summed E-state index contributed by atoms with van der Waals surface area (Å²) in [6.45, 7) is 11.0. The number of rotatable bonds is 22. The Hall–Kier alpha value is 0.0300. The van der Waals surface area contributed by atoms with E-state index in [1.165, 1.54) is 19.3 Å². The maximum absolute atomic E-state index is 5.60. The Morgan fingerprint density at radius 2 is 0.735 bits per heavy atom. The Morgan fingerprint density at radius 1 is 0.471 bits per heavy atom. The molecule has 0 radical (unpaired) electrons. The van der Waals surface area contributed by atoms with Crippen molar-refractivity contribution in [1.82, 2.24) is 18.7 Å². The first kappa shape index (κ1) is 32.1. The molecule has 1 fully saturated rings. The number of nitrogens with zero attached hydrogens (tertiary/aromatic N) is 4. The van der Waals surface area contributed by atoms with Crippen LogP contribution < -0.4 is 0 Å². The molecule has 0 unspecified atom stereocenters. The molecule has 0 atom stereocenters. The standard InChI is InChI=1S/C23H52N4O6P/c1-28-18-12-25(13-19-29-2)34(24-10-8-7-9-11-24,26(14-20-30-3)15-21-31-4)27(16-22-32-5)17-23-33-6/h7-23H2,1-6H3/q+1. The molecule has 1 heterocycles. The Kier molecular flexibility index (Phi) is 19.0. The normalized spacial score (nSPS) is 15.8. The number of hydrogen-bond acceptors (Lipinski definition) is 10. The van der Waals surface area contributed by atoms with Crippen molar-refractivity contribution in [2.45, 2.75) is 19.3 Å². The minimum absolute atomic E-state index is 0.657. The minimum Gasteiger partial charge on any atom is -0.383 e. The molecule has 0 amide bonds. The van der Waals surface area contributed by atoms with E-state index >= 15 is 0 Å². The van der Waals surface area contributed by atoms with Gasteiger partial charge < -0.3 is 28.4 Å². The van der Waals surface area contributed by atoms with E-state index in [-0.39, 0.29) is 0 Å². The van der Waals surface area contributed by atoms with Crippen molar-refractivity contribution < 1.29 is 28.4 Å². The summed E-state index contributed by atoms with van der Waals surface area (Å²) < 4.78 is 44.2. The van der Waals surface area contributed by atoms with Crippen LogP contribution in [0.1, 0.15) is 19.3 Å². The Bertz CT molecular complexity index is 402. The van der Waals surface area contributed by atoms with Crippen molar-refractivity contribution in [2.75, 3.05) is 135 Å². The van der Waals surface area contributed by atoms with Crippen LogP contribution in [-0.2, 0) is 28.4 Å². The zero-order valence-corrected chi connectivity index (χ0v) is 23.6. The minimum atomic E-state index is -2.23. The maximum atomic E-state index is 5.60. The van der Waals surface area contributed by atoms with Gasteiger partial charge in [-0.15, -0.1) is 18.7 Å². The largest absolute Gasteiger partial charge is 0.383 e. The van der Waals surface area contributed by atoms with Crippen molar-refractivity contribution in [1.29, 1.82) is 0 Å². The lowest BCUT2D eigenvalue weighted by Crippen LogP contribution is -2.57. The first-order chi connectivity index (χ1) is 16.7. The highest BCUT2D eigenvalue weighted by Gasteiger charge is 2.61. The van der Waals surface area contributed by atoms with Crippen LogP contribution in [0.3, 0.4) is 0 Å². The molecule has 0 aromatic carbocycles. The van der Waals surface area contributed by atoms with E-state index in [4.69, 9.17) is 28.4 Å². The van der Waals surface area contributed by atoms with E-state index in [1.54, 1.807) is 42.7 Å². The van der Waals surface area contributed by atoms with Crippen LogP contribution in [0.5, 0.6) is 0 Å². The molecule has 0 spiro atoms. The lowest BCUT2D eigenvalue weighted by molar-refractivity contribution is 0.0985. The van der Waals surface area contributed by atoms with Crippen LogP contribution in [0.15, 0.2) is 0 Å². The van der Waals surface area contributed by atoms with Crippen LogP contribution in [0.2, 0.25) is 0 Å². The molecule has 11 heteroatoms. The molecular weight excluding hydrogens is 459 g/mol. The Labute approximate surface area is 209 Å². The summed E-state index contributed by atoms with van der Waals surface area (Å²) in [5.41, 5.74) is 0. The summed E-state index contributed by atoms with van der Waals surface area (Å²) in [7, 11) is 8.42. The van der Waals surface area contributed by atoms with Crippen LogP contribution in [0.25, 0.3) is 0 Å². The van der Waals surface area contributed by atoms with Crippen LogP contribution in [-0.4, -0.2) is 153 Å². The van der Waals surface area contributed by atoms with Crippen molar-refractivity contribution >= 4 is 7.87 Å². The number of methoxy groups -OCH3 is 6. The first-order valence-electron chi connectivity index (χ1n) is 12.5. The highest BCUT2D eigenvalue weighted by molar-refractivity contribution is 7.66. The van der Waals surface area contributed by atoms with Gasteiger partial charge in [0, 0.05) is 55.7 Å². The summed E-state index contributed by atoms with van der Waals surface area (Å²) in [6.07, 6.45) is 3.68. The molecule has 1 saturated heterocycles. The third-order valence-corrected chi connectivity index (χ3v) is 10.8. The second-order valence-corrected chi connectivity index (χ2v) is 11.7. The Balaban J connectivity index is 3.69. The van der Waals surface area contributed by atoms with E-state index in [9.17, 15) is 0 Å². The van der Waals surface area contributed by atoms with E-state index in [0.29, 0.717) is 39.6 Å². The van der Waals surface area contributed by atoms with Gasteiger partial charge in [-0.25, -0.2) is 0 Å². The third-order valence-electron chi connectivity index (χ3n) is 6.17. The SMILES string of the molecule is COCCN(CCOC)[P+](N1CCCCC1)(N(CCOC)CCOC)N(CCOC)CCOC. The monoisotopic (exact) mass is 511 g/mol. The van der Waals surface area contributed by atoms with E-state index in [1.807, 2.05) is 0 Å². The van der Waals surface area contributed by atoms with Crippen LogP contribution in [0, 0.1) is 0 Å². The first-order valence-corrected chi connectivity index (χ1v) is 14.1. The highest BCUT2D eigenvalue weighted by Crippen LogP contribution is 2.70. The number of hydrogen-bond donors (Lipinski definition) is 0. The molecule has 0 bridgehead atoms. The van der Waals surface area contributed by atoms with Gasteiger partial charge in [-0.3, -0.25) is 0 Å². The molecule has 0 aliphatic carbocycles. The van der Waals surface area contributed by atoms with Gasteiger partial charge in [0.05, 0.1) is 78.9 Å². The maximum Gasteiger partial charge on any atom is 0.309 e. The molecule has 1 aliphatic rings. The van der Waals surface area contributed by atoms with Crippen molar-refractivity contribution in [2.24, 2.45) is 0 Å². The van der Waals surface area contributed by atoms with Crippen molar-refractivity contribution in [3.05, 3.63) is 0 Å². The number of piperidine rings is 1. The van der Waals surface area contributed by atoms with E-state index < -0.39 is 7.87 Å². The zero-order valence-electron chi connectivity index (χ0n) is 22.7. The average Bonchev–Trinajstić information content (AvgIpc) is 2.87. The summed E-state index contributed by atoms with van der Waals surface area (Å²) in [5, 5.41) is 0. The molecule has 1 aliphatic heterocycles. The molecule has 10 nitrogen and oxygen atoms in total. The zero-order chi connectivity index (χ0) is 25.1. The Morgan fingerprint density at radius 3 is 0.971 bits per heavy atom. The lowest BCUT2D eigenvalue weighted by atomic mass is 10.2. The molecule has 0 saturated carbocycles. The van der Waals surface area contributed by atoms with Gasteiger partial charge in [-0.1, -0.05) is 6.42 Å². The summed E-state index contributed by atoms with van der Waals surface area (Å²) >= 11 is 0. The van der Waals surface area contributed by atoms with Gasteiger partial charge in [0.1, 0.15) is 0 Å². The fourth-order valence-electron chi connectivity index (χ4n) is 4.54. The molecule has 0 aromatic heterocycles. The molecule has 1 rings (SSSR count). The van der Waals surface area contributed by atoms with Gasteiger partial charge in [-0.05, 0) is 12.8 Å². The molecule has 0 aromatic rings. The van der Waals surface area contributed by atoms with Gasteiger partial charge in [0.25, 0.3) is 0 Å². The van der Waals surface area contributed by atoms with Crippen molar-refractivity contribution in [3.63, 3.8) is 0 Å². The molecular formula is C23H52N4O6P+. The molecule has 34 heavy (non-hydrogen) atoms. The summed E-state index contributed by atoms with van der Waals surface area (Å²) in [4.78, 5) is 0. The second kappa shape index (κ2) is 20.1. The molecule has 0 N–H and O–H groups in total. The smallest absolute Gasteiger partial charge is 0.309 e. The van der Waals surface area contributed by atoms with Crippen molar-refractivity contribution in [3.8, 4) is 0 Å². The van der Waals surface area contributed by atoms with Crippen LogP contribution in [0.4, 0.5) is 0 Å². The quantitative estimate of drug-likeness (QED) is 0.202. The van der Waals surface area contributed by atoms with E-state index in [0.717, 1.165) is 52.4 Å². The topological polar surface area (TPSA) is 68.3 Å². The fourth-order valence-corrected chi connectivity index (χ4v) is 9.61. The summed E-state index contributed by atoms with van der Waals surface area (Å²) in [5.74, 6) is 0.